The first-order valence-electron chi connectivity index (χ1n) is 8.10. The third-order valence-corrected chi connectivity index (χ3v) is 3.86. The van der Waals surface area contributed by atoms with Gasteiger partial charge in [0.15, 0.2) is 0 Å². The first-order chi connectivity index (χ1) is 12.1. The van der Waals surface area contributed by atoms with Crippen LogP contribution < -0.4 is 10.6 Å². The molecule has 0 aliphatic heterocycles. The molecule has 1 aromatic heterocycles. The maximum absolute atomic E-state index is 11.7. The molecular formula is C19H20N4O2. The number of carbonyl (C=O) groups excluding carboxylic acids is 2. The van der Waals surface area contributed by atoms with Gasteiger partial charge in [-0.2, -0.15) is 0 Å². The van der Waals surface area contributed by atoms with E-state index in [9.17, 15) is 9.59 Å². The maximum atomic E-state index is 11.7. The van der Waals surface area contributed by atoms with Gasteiger partial charge in [0.2, 0.25) is 11.8 Å². The van der Waals surface area contributed by atoms with E-state index < -0.39 is 0 Å². The lowest BCUT2D eigenvalue weighted by molar-refractivity contribution is -0.125. The molecule has 2 N–H and O–H groups in total. The predicted octanol–water partition coefficient (Wildman–Crippen LogP) is 1.84. The summed E-state index contributed by atoms with van der Waals surface area (Å²) in [5.41, 5.74) is 4.22. The molecule has 6 nitrogen and oxygen atoms in total. The van der Waals surface area contributed by atoms with E-state index >= 15 is 0 Å². The first-order valence-corrected chi connectivity index (χ1v) is 8.10. The summed E-state index contributed by atoms with van der Waals surface area (Å²) >= 11 is 0. The van der Waals surface area contributed by atoms with Gasteiger partial charge in [0.1, 0.15) is 0 Å². The van der Waals surface area contributed by atoms with E-state index in [0.717, 1.165) is 22.2 Å². The Labute approximate surface area is 145 Å². The number of hydrogen-bond donors (Lipinski definition) is 2. The molecule has 128 valence electrons. The monoisotopic (exact) mass is 336 g/mol. The van der Waals surface area contributed by atoms with Crippen LogP contribution in [-0.4, -0.2) is 27.9 Å². The van der Waals surface area contributed by atoms with Gasteiger partial charge in [-0.05, 0) is 23.3 Å². The minimum Gasteiger partial charge on any atom is -0.350 e. The molecule has 0 aliphatic carbocycles. The zero-order chi connectivity index (χ0) is 17.6. The number of imidazole rings is 1. The summed E-state index contributed by atoms with van der Waals surface area (Å²) in [4.78, 5) is 26.9. The number of para-hydroxylation sites is 2. The van der Waals surface area contributed by atoms with Crippen LogP contribution in [0.4, 0.5) is 0 Å². The van der Waals surface area contributed by atoms with Crippen molar-refractivity contribution < 1.29 is 9.59 Å². The van der Waals surface area contributed by atoms with E-state index in [1.807, 2.05) is 36.7 Å². The van der Waals surface area contributed by atoms with Crippen LogP contribution in [0.15, 0.2) is 54.9 Å². The molecule has 0 bridgehead atoms. The van der Waals surface area contributed by atoms with Gasteiger partial charge in [0.05, 0.1) is 23.9 Å². The summed E-state index contributed by atoms with van der Waals surface area (Å²) in [6, 6.07) is 16.1. The van der Waals surface area contributed by atoms with Crippen molar-refractivity contribution in [3.63, 3.8) is 0 Å². The molecule has 3 rings (SSSR count). The number of benzene rings is 2. The van der Waals surface area contributed by atoms with Crippen LogP contribution in [-0.2, 0) is 22.7 Å². The summed E-state index contributed by atoms with van der Waals surface area (Å²) in [6.45, 7) is 2.53. The normalized spacial score (nSPS) is 10.6. The van der Waals surface area contributed by atoms with Gasteiger partial charge < -0.3 is 15.2 Å². The van der Waals surface area contributed by atoms with Gasteiger partial charge in [-0.15, -0.1) is 0 Å². The SMILES string of the molecule is CC(=O)NCC(=O)NCc1cccc(Cn2cnc3ccccc32)c1. The summed E-state index contributed by atoms with van der Waals surface area (Å²) in [5, 5.41) is 5.28. The van der Waals surface area contributed by atoms with Crippen LogP contribution >= 0.6 is 0 Å². The minimum atomic E-state index is -0.218. The van der Waals surface area contributed by atoms with E-state index in [-0.39, 0.29) is 18.4 Å². The highest BCUT2D eigenvalue weighted by atomic mass is 16.2. The van der Waals surface area contributed by atoms with Crippen LogP contribution in [0.1, 0.15) is 18.1 Å². The van der Waals surface area contributed by atoms with Crippen molar-refractivity contribution in [1.29, 1.82) is 0 Å². The Morgan fingerprint density at radius 2 is 1.84 bits per heavy atom. The molecule has 6 heteroatoms. The molecule has 0 spiro atoms. The van der Waals surface area contributed by atoms with Crippen LogP contribution in [0.25, 0.3) is 11.0 Å². The molecule has 0 saturated carbocycles. The van der Waals surface area contributed by atoms with Crippen LogP contribution in [0.5, 0.6) is 0 Å². The Balaban J connectivity index is 1.63. The lowest BCUT2D eigenvalue weighted by Crippen LogP contribution is -2.35. The van der Waals surface area contributed by atoms with Gasteiger partial charge >= 0.3 is 0 Å². The number of amides is 2. The molecule has 0 radical (unpaired) electrons. The fraction of sp³-hybridized carbons (Fsp3) is 0.211. The first kappa shape index (κ1) is 16.7. The zero-order valence-electron chi connectivity index (χ0n) is 14.0. The summed E-state index contributed by atoms with van der Waals surface area (Å²) in [7, 11) is 0. The Hall–Kier alpha value is -3.15. The second kappa shape index (κ2) is 7.61. The molecule has 0 fully saturated rings. The van der Waals surface area contributed by atoms with Crippen molar-refractivity contribution in [2.45, 2.75) is 20.0 Å². The highest BCUT2D eigenvalue weighted by molar-refractivity contribution is 5.83. The average Bonchev–Trinajstić information content (AvgIpc) is 3.02. The molecule has 25 heavy (non-hydrogen) atoms. The summed E-state index contributed by atoms with van der Waals surface area (Å²) < 4.78 is 2.10. The second-order valence-electron chi connectivity index (χ2n) is 5.87. The Bertz CT molecular complexity index is 901. The predicted molar refractivity (Wildman–Crippen MR) is 95.8 cm³/mol. The number of nitrogens with one attached hydrogen (secondary N) is 2. The molecule has 0 aliphatic rings. The molecule has 1 heterocycles. The summed E-state index contributed by atoms with van der Waals surface area (Å²) in [5.74, 6) is -0.425. The van der Waals surface area contributed by atoms with Crippen molar-refractivity contribution in [1.82, 2.24) is 20.2 Å². The second-order valence-corrected chi connectivity index (χ2v) is 5.87. The number of fused-ring (bicyclic) bond motifs is 1. The average molecular weight is 336 g/mol. The molecular weight excluding hydrogens is 316 g/mol. The van der Waals surface area contributed by atoms with E-state index in [0.29, 0.717) is 13.1 Å². The fourth-order valence-corrected chi connectivity index (χ4v) is 2.64. The van der Waals surface area contributed by atoms with Crippen molar-refractivity contribution in [3.8, 4) is 0 Å². The minimum absolute atomic E-state index is 0.00392. The molecule has 0 unspecified atom stereocenters. The lowest BCUT2D eigenvalue weighted by atomic mass is 10.1. The number of nitrogens with zero attached hydrogens (tertiary/aromatic N) is 2. The van der Waals surface area contributed by atoms with Crippen LogP contribution in [0.3, 0.4) is 0 Å². The standard InChI is InChI=1S/C19H20N4O2/c1-14(24)20-11-19(25)21-10-15-5-4-6-16(9-15)12-23-13-22-17-7-2-3-8-18(17)23/h2-9,13H,10-12H2,1H3,(H,20,24)(H,21,25). The van der Waals surface area contributed by atoms with Gasteiger partial charge in [0, 0.05) is 20.0 Å². The van der Waals surface area contributed by atoms with Crippen molar-refractivity contribution in [2.24, 2.45) is 0 Å². The topological polar surface area (TPSA) is 76.0 Å². The smallest absolute Gasteiger partial charge is 0.239 e. The Kier molecular flexibility index (Phi) is 5.09. The van der Waals surface area contributed by atoms with Gasteiger partial charge in [-0.1, -0.05) is 36.4 Å². The van der Waals surface area contributed by atoms with Crippen molar-refractivity contribution >= 4 is 22.8 Å². The number of carbonyl (C=O) groups is 2. The number of aromatic nitrogens is 2. The Morgan fingerprint density at radius 3 is 2.68 bits per heavy atom. The fourth-order valence-electron chi connectivity index (χ4n) is 2.64. The van der Waals surface area contributed by atoms with Gasteiger partial charge in [0.25, 0.3) is 0 Å². The maximum Gasteiger partial charge on any atom is 0.239 e. The van der Waals surface area contributed by atoms with E-state index in [1.54, 1.807) is 0 Å². The van der Waals surface area contributed by atoms with Gasteiger partial charge in [-0.25, -0.2) is 4.98 Å². The molecule has 0 atom stereocenters. The Morgan fingerprint density at radius 1 is 1.04 bits per heavy atom. The molecule has 2 aromatic carbocycles. The number of rotatable bonds is 6. The van der Waals surface area contributed by atoms with Gasteiger partial charge in [-0.3, -0.25) is 9.59 Å². The highest BCUT2D eigenvalue weighted by Crippen LogP contribution is 2.14. The third-order valence-electron chi connectivity index (χ3n) is 3.86. The summed E-state index contributed by atoms with van der Waals surface area (Å²) in [6.07, 6.45) is 1.84. The highest BCUT2D eigenvalue weighted by Gasteiger charge is 2.05. The lowest BCUT2D eigenvalue weighted by Gasteiger charge is -2.09. The van der Waals surface area contributed by atoms with E-state index in [2.05, 4.69) is 38.4 Å². The largest absolute Gasteiger partial charge is 0.350 e. The third kappa shape index (κ3) is 4.44. The van der Waals surface area contributed by atoms with E-state index in [4.69, 9.17) is 0 Å². The van der Waals surface area contributed by atoms with E-state index in [1.165, 1.54) is 6.92 Å². The zero-order valence-corrected chi connectivity index (χ0v) is 14.0. The van der Waals surface area contributed by atoms with Crippen LogP contribution in [0, 0.1) is 0 Å². The van der Waals surface area contributed by atoms with Crippen molar-refractivity contribution in [3.05, 3.63) is 66.0 Å². The quantitative estimate of drug-likeness (QED) is 0.721. The molecule has 2 amide bonds. The van der Waals surface area contributed by atoms with Crippen LogP contribution in [0.2, 0.25) is 0 Å². The molecule has 3 aromatic rings. The van der Waals surface area contributed by atoms with Crippen molar-refractivity contribution in [2.75, 3.05) is 6.54 Å². The number of hydrogen-bond acceptors (Lipinski definition) is 3. The molecule has 0 saturated heterocycles.